The SMILES string of the molecule is CC(C)(C)OC(=O)NCc1ccc(C(=O)Nc2ccccn2)cc1. The van der Waals surface area contributed by atoms with Gasteiger partial charge in [0.05, 0.1) is 0 Å². The third-order valence-electron chi connectivity index (χ3n) is 2.96. The average molecular weight is 327 g/mol. The molecule has 0 spiro atoms. The summed E-state index contributed by atoms with van der Waals surface area (Å²) in [5.74, 6) is 0.263. The Hall–Kier alpha value is -2.89. The Morgan fingerprint density at radius 1 is 1.08 bits per heavy atom. The van der Waals surface area contributed by atoms with E-state index in [1.807, 2.05) is 20.8 Å². The highest BCUT2D eigenvalue weighted by Crippen LogP contribution is 2.09. The smallest absolute Gasteiger partial charge is 0.407 e. The van der Waals surface area contributed by atoms with Crippen LogP contribution in [-0.2, 0) is 11.3 Å². The van der Waals surface area contributed by atoms with Crippen LogP contribution in [0.3, 0.4) is 0 Å². The minimum atomic E-state index is -0.530. The first-order chi connectivity index (χ1) is 11.3. The monoisotopic (exact) mass is 327 g/mol. The number of nitrogens with one attached hydrogen (secondary N) is 2. The number of hydrogen-bond acceptors (Lipinski definition) is 4. The lowest BCUT2D eigenvalue weighted by atomic mass is 10.1. The molecule has 0 unspecified atom stereocenters. The maximum Gasteiger partial charge on any atom is 0.407 e. The number of carbonyl (C=O) groups is 2. The zero-order chi connectivity index (χ0) is 17.6. The molecule has 0 saturated heterocycles. The summed E-state index contributed by atoms with van der Waals surface area (Å²) in [5, 5.41) is 5.39. The van der Waals surface area contributed by atoms with Crippen molar-refractivity contribution in [3.05, 3.63) is 59.8 Å². The van der Waals surface area contributed by atoms with Gasteiger partial charge in [-0.05, 0) is 50.6 Å². The molecule has 2 aromatic rings. The van der Waals surface area contributed by atoms with E-state index in [0.29, 0.717) is 17.9 Å². The van der Waals surface area contributed by atoms with Crippen molar-refractivity contribution in [1.82, 2.24) is 10.3 Å². The second kappa shape index (κ2) is 7.59. The Kier molecular flexibility index (Phi) is 5.52. The third-order valence-corrected chi connectivity index (χ3v) is 2.96. The summed E-state index contributed by atoms with van der Waals surface area (Å²) in [6.45, 7) is 5.75. The van der Waals surface area contributed by atoms with Crippen molar-refractivity contribution in [3.63, 3.8) is 0 Å². The molecule has 126 valence electrons. The quantitative estimate of drug-likeness (QED) is 0.902. The number of carbonyl (C=O) groups excluding carboxylic acids is 2. The molecule has 0 fully saturated rings. The first-order valence-electron chi connectivity index (χ1n) is 7.62. The summed E-state index contributed by atoms with van der Waals surface area (Å²) in [4.78, 5) is 27.8. The molecule has 1 heterocycles. The Balaban J connectivity index is 1.88. The number of anilines is 1. The molecule has 6 heteroatoms. The van der Waals surface area contributed by atoms with Crippen molar-refractivity contribution < 1.29 is 14.3 Å². The molecule has 1 aromatic heterocycles. The molecule has 0 aliphatic rings. The first kappa shape index (κ1) is 17.5. The molecule has 0 radical (unpaired) electrons. The van der Waals surface area contributed by atoms with Gasteiger partial charge in [0, 0.05) is 18.3 Å². The van der Waals surface area contributed by atoms with Crippen molar-refractivity contribution in [2.75, 3.05) is 5.32 Å². The molecule has 1 aromatic carbocycles. The molecule has 2 rings (SSSR count). The van der Waals surface area contributed by atoms with Crippen LogP contribution in [0.1, 0.15) is 36.7 Å². The zero-order valence-corrected chi connectivity index (χ0v) is 14.0. The van der Waals surface area contributed by atoms with Crippen LogP contribution >= 0.6 is 0 Å². The largest absolute Gasteiger partial charge is 0.444 e. The first-order valence-corrected chi connectivity index (χ1v) is 7.62. The van der Waals surface area contributed by atoms with Gasteiger partial charge in [-0.25, -0.2) is 9.78 Å². The molecule has 24 heavy (non-hydrogen) atoms. The Labute approximate surface area is 141 Å². The number of alkyl carbamates (subject to hydrolysis) is 1. The molecule has 0 aliphatic heterocycles. The van der Waals surface area contributed by atoms with Gasteiger partial charge < -0.3 is 15.4 Å². The molecular weight excluding hydrogens is 306 g/mol. The second-order valence-electron chi connectivity index (χ2n) is 6.22. The minimum Gasteiger partial charge on any atom is -0.444 e. The number of nitrogens with zero attached hydrogens (tertiary/aromatic N) is 1. The Morgan fingerprint density at radius 2 is 1.79 bits per heavy atom. The van der Waals surface area contributed by atoms with E-state index >= 15 is 0 Å². The van der Waals surface area contributed by atoms with Gasteiger partial charge in [0.1, 0.15) is 11.4 Å². The van der Waals surface area contributed by atoms with E-state index in [4.69, 9.17) is 4.74 Å². The van der Waals surface area contributed by atoms with Gasteiger partial charge in [0.15, 0.2) is 0 Å². The highest BCUT2D eigenvalue weighted by atomic mass is 16.6. The fraction of sp³-hybridized carbons (Fsp3) is 0.278. The molecular formula is C18H21N3O3. The third kappa shape index (κ3) is 5.72. The fourth-order valence-electron chi connectivity index (χ4n) is 1.89. The number of aromatic nitrogens is 1. The number of ether oxygens (including phenoxy) is 1. The zero-order valence-electron chi connectivity index (χ0n) is 14.0. The standard InChI is InChI=1S/C18H21N3O3/c1-18(2,3)24-17(23)20-12-13-7-9-14(10-8-13)16(22)21-15-6-4-5-11-19-15/h4-11H,12H2,1-3H3,(H,20,23)(H,19,21,22). The average Bonchev–Trinajstić information content (AvgIpc) is 2.53. The number of rotatable bonds is 4. The van der Waals surface area contributed by atoms with Gasteiger partial charge in [-0.1, -0.05) is 18.2 Å². The number of benzene rings is 1. The lowest BCUT2D eigenvalue weighted by Crippen LogP contribution is -2.32. The summed E-state index contributed by atoms with van der Waals surface area (Å²) in [7, 11) is 0. The van der Waals surface area contributed by atoms with Crippen LogP contribution in [0.2, 0.25) is 0 Å². The normalized spacial score (nSPS) is 10.8. The van der Waals surface area contributed by atoms with E-state index < -0.39 is 11.7 Å². The summed E-state index contributed by atoms with van der Waals surface area (Å²) in [6, 6.07) is 12.3. The van der Waals surface area contributed by atoms with E-state index in [0.717, 1.165) is 5.56 Å². The van der Waals surface area contributed by atoms with E-state index in [1.165, 1.54) is 0 Å². The van der Waals surface area contributed by atoms with Gasteiger partial charge in [-0.15, -0.1) is 0 Å². The number of hydrogen-bond donors (Lipinski definition) is 2. The molecule has 0 bridgehead atoms. The van der Waals surface area contributed by atoms with Crippen molar-refractivity contribution in [3.8, 4) is 0 Å². The van der Waals surface area contributed by atoms with E-state index in [9.17, 15) is 9.59 Å². The van der Waals surface area contributed by atoms with Crippen LogP contribution < -0.4 is 10.6 Å². The van der Waals surface area contributed by atoms with Crippen molar-refractivity contribution >= 4 is 17.8 Å². The van der Waals surface area contributed by atoms with Crippen LogP contribution in [0, 0.1) is 0 Å². The van der Waals surface area contributed by atoms with Gasteiger partial charge in [-0.2, -0.15) is 0 Å². The number of amides is 2. The fourth-order valence-corrected chi connectivity index (χ4v) is 1.89. The van der Waals surface area contributed by atoms with Crippen LogP contribution in [0.4, 0.5) is 10.6 Å². The highest BCUT2D eigenvalue weighted by Gasteiger charge is 2.15. The van der Waals surface area contributed by atoms with E-state index in [-0.39, 0.29) is 5.91 Å². The van der Waals surface area contributed by atoms with Crippen molar-refractivity contribution in [1.29, 1.82) is 0 Å². The van der Waals surface area contributed by atoms with Crippen molar-refractivity contribution in [2.24, 2.45) is 0 Å². The summed E-state index contributed by atoms with van der Waals surface area (Å²) in [5.41, 5.74) is 0.856. The van der Waals surface area contributed by atoms with Gasteiger partial charge in [0.25, 0.3) is 5.91 Å². The minimum absolute atomic E-state index is 0.236. The van der Waals surface area contributed by atoms with Crippen LogP contribution in [-0.4, -0.2) is 22.6 Å². The molecule has 0 aliphatic carbocycles. The lowest BCUT2D eigenvalue weighted by Gasteiger charge is -2.19. The molecule has 6 nitrogen and oxygen atoms in total. The van der Waals surface area contributed by atoms with Crippen molar-refractivity contribution in [2.45, 2.75) is 32.9 Å². The van der Waals surface area contributed by atoms with Crippen LogP contribution in [0.5, 0.6) is 0 Å². The number of pyridine rings is 1. The Morgan fingerprint density at radius 3 is 2.38 bits per heavy atom. The van der Waals surface area contributed by atoms with E-state index in [2.05, 4.69) is 15.6 Å². The lowest BCUT2D eigenvalue weighted by molar-refractivity contribution is 0.0523. The van der Waals surface area contributed by atoms with Crippen LogP contribution in [0.25, 0.3) is 0 Å². The maximum absolute atomic E-state index is 12.1. The maximum atomic E-state index is 12.1. The second-order valence-corrected chi connectivity index (χ2v) is 6.22. The molecule has 2 amide bonds. The molecule has 2 N–H and O–H groups in total. The van der Waals surface area contributed by atoms with Gasteiger partial charge in [0.2, 0.25) is 0 Å². The van der Waals surface area contributed by atoms with E-state index in [1.54, 1.807) is 48.7 Å². The summed E-state index contributed by atoms with van der Waals surface area (Å²) >= 11 is 0. The summed E-state index contributed by atoms with van der Waals surface area (Å²) < 4.78 is 5.17. The predicted molar refractivity (Wildman–Crippen MR) is 91.7 cm³/mol. The molecule has 0 saturated carbocycles. The van der Waals surface area contributed by atoms with Crippen LogP contribution in [0.15, 0.2) is 48.7 Å². The summed E-state index contributed by atoms with van der Waals surface area (Å²) in [6.07, 6.45) is 1.14. The topological polar surface area (TPSA) is 80.3 Å². The molecule has 0 atom stereocenters. The van der Waals surface area contributed by atoms with Gasteiger partial charge >= 0.3 is 6.09 Å². The van der Waals surface area contributed by atoms with Gasteiger partial charge in [-0.3, -0.25) is 4.79 Å². The highest BCUT2D eigenvalue weighted by molar-refractivity contribution is 6.03. The predicted octanol–water partition coefficient (Wildman–Crippen LogP) is 3.36. The Bertz CT molecular complexity index is 692.